The van der Waals surface area contributed by atoms with Crippen molar-refractivity contribution < 1.29 is 35.5 Å². The molecule has 1 atom stereocenters. The van der Waals surface area contributed by atoms with E-state index in [9.17, 15) is 22.0 Å². The molecule has 2 aromatic carbocycles. The number of halogens is 7. The van der Waals surface area contributed by atoms with Crippen molar-refractivity contribution >= 4 is 0 Å². The largest absolute Gasteiger partial charge is 0.416 e. The quantitative estimate of drug-likeness (QED) is 0.409. The average Bonchev–Trinajstić information content (AvgIpc) is 3.50. The molecule has 10 heteroatoms. The number of ether oxygens (including phenoxy) is 1. The van der Waals surface area contributed by atoms with Crippen LogP contribution in [0.1, 0.15) is 16.8 Å². The minimum Gasteiger partial charge on any atom is -0.357 e. The van der Waals surface area contributed by atoms with E-state index in [1.165, 1.54) is 0 Å². The molecule has 1 saturated heterocycles. The second kappa shape index (κ2) is 6.76. The van der Waals surface area contributed by atoms with Gasteiger partial charge in [-0.15, -0.1) is 5.10 Å². The highest BCUT2D eigenvalue weighted by Crippen LogP contribution is 2.56. The summed E-state index contributed by atoms with van der Waals surface area (Å²) in [6.07, 6.45) is -4.51. The van der Waals surface area contributed by atoms with Gasteiger partial charge in [0.05, 0.1) is 17.9 Å². The van der Waals surface area contributed by atoms with Crippen LogP contribution >= 0.6 is 0 Å². The van der Waals surface area contributed by atoms with Crippen LogP contribution < -0.4 is 0 Å². The van der Waals surface area contributed by atoms with Crippen LogP contribution in [0.4, 0.5) is 30.7 Å². The third kappa shape index (κ3) is 3.30. The molecule has 0 bridgehead atoms. The third-order valence-corrected chi connectivity index (χ3v) is 4.80. The van der Waals surface area contributed by atoms with Gasteiger partial charge in [0.2, 0.25) is 0 Å². The lowest BCUT2D eigenvalue weighted by Gasteiger charge is -2.23. The van der Waals surface area contributed by atoms with Crippen molar-refractivity contribution in [2.45, 2.75) is 17.7 Å². The van der Waals surface area contributed by atoms with Crippen molar-refractivity contribution in [2.24, 2.45) is 0 Å². The Morgan fingerprint density at radius 2 is 1.50 bits per heavy atom. The van der Waals surface area contributed by atoms with Crippen LogP contribution in [0.3, 0.4) is 0 Å². The normalized spacial score (nSPS) is 19.0. The Morgan fingerprint density at radius 3 is 2.00 bits per heavy atom. The number of alkyl halides is 5. The lowest BCUT2D eigenvalue weighted by Crippen LogP contribution is -2.34. The molecule has 3 aromatic rings. The Kier molecular flexibility index (Phi) is 4.57. The van der Waals surface area contributed by atoms with Crippen molar-refractivity contribution in [1.29, 1.82) is 0 Å². The highest BCUT2D eigenvalue weighted by molar-refractivity contribution is 5.59. The van der Waals surface area contributed by atoms with Gasteiger partial charge in [-0.25, -0.2) is 8.78 Å². The fourth-order valence-corrected chi connectivity index (χ4v) is 3.09. The summed E-state index contributed by atoms with van der Waals surface area (Å²) in [7, 11) is 0. The Labute approximate surface area is 165 Å². The van der Waals surface area contributed by atoms with Crippen LogP contribution in [-0.2, 0) is 22.4 Å². The summed E-state index contributed by atoms with van der Waals surface area (Å²) in [5, 5.41) is 7.14. The van der Waals surface area contributed by atoms with Crippen LogP contribution in [0.25, 0.3) is 11.3 Å². The lowest BCUT2D eigenvalue weighted by atomic mass is 9.90. The second-order valence-electron chi connectivity index (χ2n) is 6.69. The molecule has 0 radical (unpaired) electrons. The number of aromatic nitrogens is 2. The summed E-state index contributed by atoms with van der Waals surface area (Å²) >= 11 is 0. The van der Waals surface area contributed by atoms with Gasteiger partial charge < -0.3 is 4.74 Å². The molecule has 4 rings (SSSR count). The van der Waals surface area contributed by atoms with Crippen molar-refractivity contribution in [3.05, 3.63) is 83.1 Å². The first-order valence-corrected chi connectivity index (χ1v) is 8.54. The van der Waals surface area contributed by atoms with E-state index in [2.05, 4.69) is 10.2 Å². The minimum atomic E-state index is -4.51. The second-order valence-corrected chi connectivity index (χ2v) is 6.69. The highest BCUT2D eigenvalue weighted by atomic mass is 19.4. The van der Waals surface area contributed by atoms with Gasteiger partial charge in [-0.1, -0.05) is 12.1 Å². The standard InChI is InChI=1S/C20H11F7N2O/c21-13-5-6-14(15(22)9-13)18(10-30-18)19(23,24)17-8-7-16(28-29-17)11-1-3-12(4-2-11)20(25,26)27/h1-9H,10H2. The first-order valence-electron chi connectivity index (χ1n) is 8.54. The Balaban J connectivity index is 1.63. The molecular weight excluding hydrogens is 417 g/mol. The zero-order valence-electron chi connectivity index (χ0n) is 14.9. The van der Waals surface area contributed by atoms with E-state index in [1.54, 1.807) is 0 Å². The maximum absolute atomic E-state index is 15.1. The smallest absolute Gasteiger partial charge is 0.357 e. The Morgan fingerprint density at radius 1 is 0.833 bits per heavy atom. The molecule has 0 aliphatic carbocycles. The SMILES string of the molecule is Fc1ccc(C2(C(F)(F)c3ccc(-c4ccc(C(F)(F)F)cc4)nn3)CO2)c(F)c1. The molecule has 1 aromatic heterocycles. The molecule has 2 heterocycles. The average molecular weight is 428 g/mol. The van der Waals surface area contributed by atoms with Gasteiger partial charge in [0, 0.05) is 17.2 Å². The van der Waals surface area contributed by atoms with E-state index >= 15 is 8.78 Å². The molecule has 1 unspecified atom stereocenters. The summed E-state index contributed by atoms with van der Waals surface area (Å²) < 4.78 is 100. The molecule has 156 valence electrons. The van der Waals surface area contributed by atoms with E-state index in [1.807, 2.05) is 0 Å². The maximum Gasteiger partial charge on any atom is 0.416 e. The van der Waals surface area contributed by atoms with E-state index in [0.717, 1.165) is 48.5 Å². The van der Waals surface area contributed by atoms with Crippen molar-refractivity contribution in [3.63, 3.8) is 0 Å². The molecule has 1 aliphatic heterocycles. The molecule has 30 heavy (non-hydrogen) atoms. The molecule has 1 fully saturated rings. The first kappa shape index (κ1) is 20.3. The number of hydrogen-bond acceptors (Lipinski definition) is 3. The van der Waals surface area contributed by atoms with E-state index < -0.39 is 52.8 Å². The molecule has 0 amide bonds. The molecular formula is C20H11F7N2O. The predicted octanol–water partition coefficient (Wildman–Crippen LogP) is 5.46. The summed E-state index contributed by atoms with van der Waals surface area (Å²) in [6.45, 7) is -0.509. The van der Waals surface area contributed by atoms with Gasteiger partial charge in [0.25, 0.3) is 0 Å². The molecule has 0 N–H and O–H groups in total. The van der Waals surface area contributed by atoms with Crippen molar-refractivity contribution in [2.75, 3.05) is 6.61 Å². The number of benzene rings is 2. The Hall–Kier alpha value is -3.01. The van der Waals surface area contributed by atoms with Crippen LogP contribution in [0, 0.1) is 11.6 Å². The fourth-order valence-electron chi connectivity index (χ4n) is 3.09. The van der Waals surface area contributed by atoms with Crippen LogP contribution in [0.2, 0.25) is 0 Å². The monoisotopic (exact) mass is 428 g/mol. The summed E-state index contributed by atoms with van der Waals surface area (Å²) in [4.78, 5) is 0. The summed E-state index contributed by atoms with van der Waals surface area (Å²) in [5.41, 5.74) is -4.22. The number of nitrogens with zero attached hydrogens (tertiary/aromatic N) is 2. The Bertz CT molecular complexity index is 1080. The summed E-state index contributed by atoms with van der Waals surface area (Å²) in [6, 6.07) is 8.27. The van der Waals surface area contributed by atoms with Crippen molar-refractivity contribution in [1.82, 2.24) is 10.2 Å². The van der Waals surface area contributed by atoms with Gasteiger partial charge >= 0.3 is 12.1 Å². The molecule has 1 aliphatic rings. The minimum absolute atomic E-state index is 0.0713. The molecule has 3 nitrogen and oxygen atoms in total. The lowest BCUT2D eigenvalue weighted by molar-refractivity contribution is -0.137. The molecule has 0 saturated carbocycles. The van der Waals surface area contributed by atoms with Gasteiger partial charge in [0.1, 0.15) is 17.3 Å². The molecule has 0 spiro atoms. The zero-order valence-corrected chi connectivity index (χ0v) is 14.9. The van der Waals surface area contributed by atoms with Crippen molar-refractivity contribution in [3.8, 4) is 11.3 Å². The van der Waals surface area contributed by atoms with E-state index in [4.69, 9.17) is 4.74 Å². The van der Waals surface area contributed by atoms with E-state index in [-0.39, 0.29) is 11.3 Å². The van der Waals surface area contributed by atoms with Gasteiger partial charge in [-0.05, 0) is 36.4 Å². The van der Waals surface area contributed by atoms with Crippen LogP contribution in [0.5, 0.6) is 0 Å². The van der Waals surface area contributed by atoms with E-state index in [0.29, 0.717) is 6.07 Å². The number of rotatable bonds is 4. The highest BCUT2D eigenvalue weighted by Gasteiger charge is 2.68. The zero-order chi connectivity index (χ0) is 21.7. The summed E-state index contributed by atoms with van der Waals surface area (Å²) in [5.74, 6) is -5.89. The van der Waals surface area contributed by atoms with Crippen LogP contribution in [0.15, 0.2) is 54.6 Å². The first-order chi connectivity index (χ1) is 14.0. The number of hydrogen-bond donors (Lipinski definition) is 0. The van der Waals surface area contributed by atoms with Gasteiger partial charge in [-0.3, -0.25) is 0 Å². The van der Waals surface area contributed by atoms with Crippen LogP contribution in [-0.4, -0.2) is 16.8 Å². The topological polar surface area (TPSA) is 38.3 Å². The third-order valence-electron chi connectivity index (χ3n) is 4.80. The van der Waals surface area contributed by atoms with Gasteiger partial charge in [-0.2, -0.15) is 27.1 Å². The maximum atomic E-state index is 15.1. The predicted molar refractivity (Wildman–Crippen MR) is 90.4 cm³/mol. The number of epoxide rings is 1. The fraction of sp³-hybridized carbons (Fsp3) is 0.200. The van der Waals surface area contributed by atoms with Gasteiger partial charge in [0.15, 0.2) is 5.60 Å².